The summed E-state index contributed by atoms with van der Waals surface area (Å²) in [7, 11) is 0. The standard InChI is InChI=1S/C11H13FN2OS/c12-4-5-14-8-9(3-6-15)11(13-14)10-2-1-7-16-10/h1-2,7-8,15H,3-6H2. The van der Waals surface area contributed by atoms with Crippen LogP contribution in [0.5, 0.6) is 0 Å². The second-order valence-corrected chi connectivity index (χ2v) is 4.35. The molecule has 0 aliphatic carbocycles. The molecule has 16 heavy (non-hydrogen) atoms. The summed E-state index contributed by atoms with van der Waals surface area (Å²) in [4.78, 5) is 1.06. The first-order valence-corrected chi connectivity index (χ1v) is 6.00. The van der Waals surface area contributed by atoms with Crippen molar-refractivity contribution in [3.63, 3.8) is 0 Å². The highest BCUT2D eigenvalue weighted by atomic mass is 32.1. The molecule has 0 aliphatic heterocycles. The van der Waals surface area contributed by atoms with Gasteiger partial charge in [0.05, 0.1) is 11.4 Å². The van der Waals surface area contributed by atoms with Gasteiger partial charge in [0.1, 0.15) is 12.4 Å². The maximum Gasteiger partial charge on any atom is 0.109 e. The minimum Gasteiger partial charge on any atom is -0.396 e. The first-order chi connectivity index (χ1) is 7.85. The van der Waals surface area contributed by atoms with Gasteiger partial charge in [0.15, 0.2) is 0 Å². The van der Waals surface area contributed by atoms with Crippen molar-refractivity contribution in [3.8, 4) is 10.6 Å². The SMILES string of the molecule is OCCc1cn(CCF)nc1-c1cccs1. The summed E-state index contributed by atoms with van der Waals surface area (Å²) in [6.07, 6.45) is 2.37. The van der Waals surface area contributed by atoms with E-state index in [4.69, 9.17) is 5.11 Å². The molecule has 0 saturated carbocycles. The van der Waals surface area contributed by atoms with Crippen LogP contribution in [0.3, 0.4) is 0 Å². The first-order valence-electron chi connectivity index (χ1n) is 5.12. The van der Waals surface area contributed by atoms with Crippen molar-refractivity contribution in [3.05, 3.63) is 29.3 Å². The Kier molecular flexibility index (Phi) is 3.69. The number of aryl methyl sites for hydroxylation is 1. The van der Waals surface area contributed by atoms with E-state index in [1.165, 1.54) is 0 Å². The summed E-state index contributed by atoms with van der Waals surface area (Å²) in [5, 5.41) is 15.3. The van der Waals surface area contributed by atoms with E-state index in [0.717, 1.165) is 16.1 Å². The zero-order valence-electron chi connectivity index (χ0n) is 8.77. The third-order valence-electron chi connectivity index (χ3n) is 2.29. The summed E-state index contributed by atoms with van der Waals surface area (Å²) in [6, 6.07) is 3.94. The highest BCUT2D eigenvalue weighted by molar-refractivity contribution is 7.13. The predicted molar refractivity (Wildman–Crippen MR) is 62.3 cm³/mol. The van der Waals surface area contributed by atoms with Gasteiger partial charge in [-0.2, -0.15) is 5.10 Å². The van der Waals surface area contributed by atoms with E-state index in [0.29, 0.717) is 6.42 Å². The lowest BCUT2D eigenvalue weighted by Crippen LogP contribution is -1.99. The molecule has 0 aromatic carbocycles. The number of hydrogen-bond donors (Lipinski definition) is 1. The van der Waals surface area contributed by atoms with Gasteiger partial charge >= 0.3 is 0 Å². The molecule has 0 spiro atoms. The number of aliphatic hydroxyl groups is 1. The zero-order chi connectivity index (χ0) is 11.4. The van der Waals surface area contributed by atoms with Gasteiger partial charge < -0.3 is 5.11 Å². The lowest BCUT2D eigenvalue weighted by molar-refractivity contribution is 0.299. The molecule has 86 valence electrons. The van der Waals surface area contributed by atoms with Crippen LogP contribution in [0.25, 0.3) is 10.6 Å². The van der Waals surface area contributed by atoms with E-state index in [1.54, 1.807) is 16.0 Å². The fraction of sp³-hybridized carbons (Fsp3) is 0.364. The van der Waals surface area contributed by atoms with Gasteiger partial charge in [-0.15, -0.1) is 11.3 Å². The minimum absolute atomic E-state index is 0.0830. The second-order valence-electron chi connectivity index (χ2n) is 3.41. The summed E-state index contributed by atoms with van der Waals surface area (Å²) < 4.78 is 13.8. The molecule has 2 aromatic heterocycles. The second kappa shape index (κ2) is 5.23. The lowest BCUT2D eigenvalue weighted by Gasteiger charge is -1.95. The van der Waals surface area contributed by atoms with Gasteiger partial charge in [-0.3, -0.25) is 4.68 Å². The van der Waals surface area contributed by atoms with Crippen molar-refractivity contribution in [1.29, 1.82) is 0 Å². The van der Waals surface area contributed by atoms with Gasteiger partial charge in [-0.25, -0.2) is 4.39 Å². The number of alkyl halides is 1. The molecule has 0 aliphatic rings. The lowest BCUT2D eigenvalue weighted by atomic mass is 10.2. The monoisotopic (exact) mass is 240 g/mol. The zero-order valence-corrected chi connectivity index (χ0v) is 9.58. The third kappa shape index (κ3) is 2.31. The average molecular weight is 240 g/mol. The molecule has 0 amide bonds. The van der Waals surface area contributed by atoms with E-state index >= 15 is 0 Å². The van der Waals surface area contributed by atoms with Crippen molar-refractivity contribution in [2.24, 2.45) is 0 Å². The molecule has 2 rings (SSSR count). The van der Waals surface area contributed by atoms with Crippen LogP contribution in [0.15, 0.2) is 23.7 Å². The van der Waals surface area contributed by atoms with E-state index in [1.807, 2.05) is 23.7 Å². The van der Waals surface area contributed by atoms with Crippen LogP contribution < -0.4 is 0 Å². The van der Waals surface area contributed by atoms with Gasteiger partial charge in [0, 0.05) is 18.4 Å². The number of aliphatic hydroxyl groups excluding tert-OH is 1. The fourth-order valence-corrected chi connectivity index (χ4v) is 2.33. The maximum absolute atomic E-state index is 12.2. The average Bonchev–Trinajstić information content (AvgIpc) is 2.87. The van der Waals surface area contributed by atoms with Crippen molar-refractivity contribution in [2.45, 2.75) is 13.0 Å². The highest BCUT2D eigenvalue weighted by Gasteiger charge is 2.11. The molecule has 1 N–H and O–H groups in total. The summed E-state index contributed by atoms with van der Waals surface area (Å²) >= 11 is 1.60. The number of hydrogen-bond acceptors (Lipinski definition) is 3. The van der Waals surface area contributed by atoms with Crippen molar-refractivity contribution in [2.75, 3.05) is 13.3 Å². The van der Waals surface area contributed by atoms with E-state index in [9.17, 15) is 4.39 Å². The molecule has 3 nitrogen and oxygen atoms in total. The quantitative estimate of drug-likeness (QED) is 0.869. The molecular weight excluding hydrogens is 227 g/mol. The normalized spacial score (nSPS) is 10.9. The van der Waals surface area contributed by atoms with Crippen LogP contribution in [-0.4, -0.2) is 28.2 Å². The Bertz CT molecular complexity index is 439. The molecule has 0 unspecified atom stereocenters. The Morgan fingerprint density at radius 2 is 2.38 bits per heavy atom. The Morgan fingerprint density at radius 1 is 1.50 bits per heavy atom. The van der Waals surface area contributed by atoms with Crippen LogP contribution in [0.1, 0.15) is 5.56 Å². The van der Waals surface area contributed by atoms with E-state index in [-0.39, 0.29) is 13.2 Å². The maximum atomic E-state index is 12.2. The topological polar surface area (TPSA) is 38.0 Å². The van der Waals surface area contributed by atoms with Crippen LogP contribution in [0, 0.1) is 0 Å². The number of thiophene rings is 1. The van der Waals surface area contributed by atoms with Crippen LogP contribution >= 0.6 is 11.3 Å². The number of halogens is 1. The van der Waals surface area contributed by atoms with Gasteiger partial charge in [-0.05, 0) is 17.9 Å². The molecule has 2 aromatic rings. The summed E-state index contributed by atoms with van der Waals surface area (Å²) in [5.41, 5.74) is 1.83. The first kappa shape index (κ1) is 11.3. The Hall–Kier alpha value is -1.20. The van der Waals surface area contributed by atoms with Crippen molar-refractivity contribution >= 4 is 11.3 Å². The van der Waals surface area contributed by atoms with Crippen LogP contribution in [-0.2, 0) is 13.0 Å². The van der Waals surface area contributed by atoms with Gasteiger partial charge in [0.25, 0.3) is 0 Å². The molecule has 0 saturated heterocycles. The number of aromatic nitrogens is 2. The Labute approximate surface area is 97.2 Å². The fourth-order valence-electron chi connectivity index (χ4n) is 1.59. The molecule has 0 bridgehead atoms. The van der Waals surface area contributed by atoms with Crippen molar-refractivity contribution < 1.29 is 9.50 Å². The van der Waals surface area contributed by atoms with Crippen LogP contribution in [0.4, 0.5) is 4.39 Å². The van der Waals surface area contributed by atoms with E-state index in [2.05, 4.69) is 5.10 Å². The van der Waals surface area contributed by atoms with Gasteiger partial charge in [0.2, 0.25) is 0 Å². The summed E-state index contributed by atoms with van der Waals surface area (Å²) in [6.45, 7) is -0.0758. The molecule has 5 heteroatoms. The largest absolute Gasteiger partial charge is 0.396 e. The number of nitrogens with zero attached hydrogens (tertiary/aromatic N) is 2. The molecule has 2 heterocycles. The highest BCUT2D eigenvalue weighted by Crippen LogP contribution is 2.26. The Morgan fingerprint density at radius 3 is 3.00 bits per heavy atom. The summed E-state index contributed by atoms with van der Waals surface area (Å²) in [5.74, 6) is 0. The Balaban J connectivity index is 2.34. The molecular formula is C11H13FN2OS. The smallest absolute Gasteiger partial charge is 0.109 e. The van der Waals surface area contributed by atoms with E-state index < -0.39 is 6.67 Å². The predicted octanol–water partition coefficient (Wildman–Crippen LogP) is 2.12. The van der Waals surface area contributed by atoms with Crippen LogP contribution in [0.2, 0.25) is 0 Å². The third-order valence-corrected chi connectivity index (χ3v) is 3.16. The van der Waals surface area contributed by atoms with Crippen molar-refractivity contribution in [1.82, 2.24) is 9.78 Å². The number of rotatable bonds is 5. The molecule has 0 atom stereocenters. The molecule has 0 fully saturated rings. The minimum atomic E-state index is -0.426. The molecule has 0 radical (unpaired) electrons. The van der Waals surface area contributed by atoms with Gasteiger partial charge in [-0.1, -0.05) is 6.07 Å².